The molecule has 0 aliphatic rings. The van der Waals surface area contributed by atoms with Crippen molar-refractivity contribution in [2.45, 2.75) is 19.3 Å². The van der Waals surface area contributed by atoms with Gasteiger partial charge >= 0.3 is 0 Å². The molecular formula is C16H18ClN. The quantitative estimate of drug-likeness (QED) is 0.862. The second kappa shape index (κ2) is 6.03. The van der Waals surface area contributed by atoms with Gasteiger partial charge in [-0.3, -0.25) is 0 Å². The summed E-state index contributed by atoms with van der Waals surface area (Å²) in [5, 5.41) is 0.770. The van der Waals surface area contributed by atoms with E-state index in [4.69, 9.17) is 17.3 Å². The third-order valence-electron chi connectivity index (χ3n) is 3.23. The number of nitrogens with two attached hydrogens (primary N) is 1. The highest BCUT2D eigenvalue weighted by molar-refractivity contribution is 6.30. The van der Waals surface area contributed by atoms with Crippen LogP contribution in [0.5, 0.6) is 0 Å². The van der Waals surface area contributed by atoms with Crippen molar-refractivity contribution in [3.05, 3.63) is 59.1 Å². The van der Waals surface area contributed by atoms with E-state index in [-0.39, 0.29) is 0 Å². The normalized spacial score (nSPS) is 12.4. The molecule has 1 atom stereocenters. The van der Waals surface area contributed by atoms with Gasteiger partial charge in [0.05, 0.1) is 0 Å². The molecule has 18 heavy (non-hydrogen) atoms. The predicted molar refractivity (Wildman–Crippen MR) is 79.0 cm³/mol. The second-order valence-corrected chi connectivity index (χ2v) is 5.05. The fourth-order valence-corrected chi connectivity index (χ4v) is 2.21. The molecule has 2 N–H and O–H groups in total. The SMILES string of the molecule is CC(CCN)c1cccc(-c2ccc(Cl)cc2)c1. The minimum atomic E-state index is 0.502. The summed E-state index contributed by atoms with van der Waals surface area (Å²) in [6.45, 7) is 2.94. The van der Waals surface area contributed by atoms with Crippen LogP contribution in [-0.2, 0) is 0 Å². The molecular weight excluding hydrogens is 242 g/mol. The largest absolute Gasteiger partial charge is 0.330 e. The van der Waals surface area contributed by atoms with Gasteiger partial charge in [-0.2, -0.15) is 0 Å². The topological polar surface area (TPSA) is 26.0 Å². The lowest BCUT2D eigenvalue weighted by Gasteiger charge is -2.12. The molecule has 1 nitrogen and oxygen atoms in total. The van der Waals surface area contributed by atoms with Gasteiger partial charge < -0.3 is 5.73 Å². The van der Waals surface area contributed by atoms with Gasteiger partial charge in [-0.25, -0.2) is 0 Å². The molecule has 0 aromatic heterocycles. The second-order valence-electron chi connectivity index (χ2n) is 4.61. The van der Waals surface area contributed by atoms with Crippen LogP contribution in [0.3, 0.4) is 0 Å². The number of hydrogen-bond acceptors (Lipinski definition) is 1. The summed E-state index contributed by atoms with van der Waals surface area (Å²) in [5.41, 5.74) is 9.38. The Morgan fingerprint density at radius 3 is 2.44 bits per heavy atom. The number of rotatable bonds is 4. The van der Waals surface area contributed by atoms with Crippen LogP contribution < -0.4 is 5.73 Å². The Hall–Kier alpha value is -1.31. The van der Waals surface area contributed by atoms with Gasteiger partial charge in [0.2, 0.25) is 0 Å². The predicted octanol–water partition coefficient (Wildman–Crippen LogP) is 4.46. The van der Waals surface area contributed by atoms with Crippen LogP contribution in [0.15, 0.2) is 48.5 Å². The van der Waals surface area contributed by atoms with Crippen LogP contribution in [0.25, 0.3) is 11.1 Å². The minimum Gasteiger partial charge on any atom is -0.330 e. The fraction of sp³-hybridized carbons (Fsp3) is 0.250. The van der Waals surface area contributed by atoms with Gasteiger partial charge in [-0.05, 0) is 47.7 Å². The Kier molecular flexibility index (Phi) is 4.40. The molecule has 0 spiro atoms. The van der Waals surface area contributed by atoms with Crippen molar-refractivity contribution in [1.29, 1.82) is 0 Å². The molecule has 1 unspecified atom stereocenters. The number of hydrogen-bond donors (Lipinski definition) is 1. The van der Waals surface area contributed by atoms with Crippen molar-refractivity contribution < 1.29 is 0 Å². The first-order valence-corrected chi connectivity index (χ1v) is 6.64. The average Bonchev–Trinajstić information content (AvgIpc) is 2.40. The Bertz CT molecular complexity index is 505. The van der Waals surface area contributed by atoms with E-state index >= 15 is 0 Å². The highest BCUT2D eigenvalue weighted by Gasteiger charge is 2.06. The molecule has 2 rings (SSSR count). The molecule has 2 aromatic carbocycles. The average molecular weight is 260 g/mol. The van der Waals surface area contributed by atoms with E-state index in [0.29, 0.717) is 5.92 Å². The van der Waals surface area contributed by atoms with Gasteiger partial charge in [0, 0.05) is 5.02 Å². The minimum absolute atomic E-state index is 0.502. The van der Waals surface area contributed by atoms with Crippen LogP contribution in [0.1, 0.15) is 24.8 Å². The Balaban J connectivity index is 2.29. The van der Waals surface area contributed by atoms with Crippen molar-refractivity contribution >= 4 is 11.6 Å². The van der Waals surface area contributed by atoms with E-state index in [0.717, 1.165) is 18.0 Å². The monoisotopic (exact) mass is 259 g/mol. The highest BCUT2D eigenvalue weighted by atomic mass is 35.5. The molecule has 2 aromatic rings. The maximum atomic E-state index is 5.91. The fourth-order valence-electron chi connectivity index (χ4n) is 2.08. The number of benzene rings is 2. The van der Waals surface area contributed by atoms with Crippen molar-refractivity contribution in [2.24, 2.45) is 5.73 Å². The van der Waals surface area contributed by atoms with Gasteiger partial charge in [0.25, 0.3) is 0 Å². The van der Waals surface area contributed by atoms with Gasteiger partial charge in [0.1, 0.15) is 0 Å². The molecule has 0 saturated heterocycles. The lowest BCUT2D eigenvalue weighted by molar-refractivity contribution is 0.690. The first-order valence-electron chi connectivity index (χ1n) is 6.26. The molecule has 2 heteroatoms. The van der Waals surface area contributed by atoms with Crippen LogP contribution in [0.2, 0.25) is 5.02 Å². The smallest absolute Gasteiger partial charge is 0.0406 e. The number of halogens is 1. The molecule has 0 aliphatic carbocycles. The third-order valence-corrected chi connectivity index (χ3v) is 3.48. The molecule has 0 heterocycles. The first-order chi connectivity index (χ1) is 8.70. The summed E-state index contributed by atoms with van der Waals surface area (Å²) in [7, 11) is 0. The molecule has 0 saturated carbocycles. The van der Waals surface area contributed by atoms with Crippen LogP contribution >= 0.6 is 11.6 Å². The molecule has 0 radical (unpaired) electrons. The van der Waals surface area contributed by atoms with Crippen LogP contribution in [0, 0.1) is 0 Å². The van der Waals surface area contributed by atoms with Crippen molar-refractivity contribution in [3.8, 4) is 11.1 Å². The van der Waals surface area contributed by atoms with E-state index in [9.17, 15) is 0 Å². The summed E-state index contributed by atoms with van der Waals surface area (Å²) >= 11 is 5.91. The summed E-state index contributed by atoms with van der Waals surface area (Å²) in [6.07, 6.45) is 1.02. The van der Waals surface area contributed by atoms with Crippen molar-refractivity contribution in [2.75, 3.05) is 6.54 Å². The molecule has 0 fully saturated rings. The summed E-state index contributed by atoms with van der Waals surface area (Å²) in [5.74, 6) is 0.502. The van der Waals surface area contributed by atoms with Gasteiger partial charge in [0.15, 0.2) is 0 Å². The molecule has 0 aliphatic heterocycles. The van der Waals surface area contributed by atoms with E-state index in [1.54, 1.807) is 0 Å². The van der Waals surface area contributed by atoms with E-state index in [1.165, 1.54) is 16.7 Å². The van der Waals surface area contributed by atoms with Crippen LogP contribution in [-0.4, -0.2) is 6.54 Å². The Morgan fingerprint density at radius 1 is 1.06 bits per heavy atom. The molecule has 94 valence electrons. The third kappa shape index (κ3) is 3.12. The zero-order chi connectivity index (χ0) is 13.0. The maximum Gasteiger partial charge on any atom is 0.0406 e. The standard InChI is InChI=1S/C16H18ClN/c1-12(9-10-18)14-3-2-4-15(11-14)13-5-7-16(17)8-6-13/h2-8,11-12H,9-10,18H2,1H3. The van der Waals surface area contributed by atoms with E-state index < -0.39 is 0 Å². The van der Waals surface area contributed by atoms with Crippen molar-refractivity contribution in [3.63, 3.8) is 0 Å². The summed E-state index contributed by atoms with van der Waals surface area (Å²) in [6, 6.07) is 16.6. The Labute approximate surface area is 114 Å². The zero-order valence-electron chi connectivity index (χ0n) is 10.6. The van der Waals surface area contributed by atoms with Gasteiger partial charge in [-0.15, -0.1) is 0 Å². The highest BCUT2D eigenvalue weighted by Crippen LogP contribution is 2.26. The Morgan fingerprint density at radius 2 is 1.78 bits per heavy atom. The van der Waals surface area contributed by atoms with E-state index in [2.05, 4.69) is 43.3 Å². The maximum absolute atomic E-state index is 5.91. The lowest BCUT2D eigenvalue weighted by atomic mass is 9.94. The summed E-state index contributed by atoms with van der Waals surface area (Å²) in [4.78, 5) is 0. The van der Waals surface area contributed by atoms with E-state index in [1.807, 2.05) is 12.1 Å². The zero-order valence-corrected chi connectivity index (χ0v) is 11.3. The van der Waals surface area contributed by atoms with Crippen molar-refractivity contribution in [1.82, 2.24) is 0 Å². The lowest BCUT2D eigenvalue weighted by Crippen LogP contribution is -2.04. The van der Waals surface area contributed by atoms with Gasteiger partial charge in [-0.1, -0.05) is 54.9 Å². The van der Waals surface area contributed by atoms with Crippen LogP contribution in [0.4, 0.5) is 0 Å². The molecule has 0 bridgehead atoms. The molecule has 0 amide bonds. The summed E-state index contributed by atoms with van der Waals surface area (Å²) < 4.78 is 0. The first kappa shape index (κ1) is 13.1.